The highest BCUT2D eigenvalue weighted by molar-refractivity contribution is 6.17. The van der Waals surface area contributed by atoms with E-state index in [0.29, 0.717) is 5.88 Å². The summed E-state index contributed by atoms with van der Waals surface area (Å²) in [5.41, 5.74) is 3.95. The van der Waals surface area contributed by atoms with Gasteiger partial charge in [0.2, 0.25) is 0 Å². The van der Waals surface area contributed by atoms with Crippen molar-refractivity contribution in [3.05, 3.63) is 29.3 Å². The monoisotopic (exact) mass is 306 g/mol. The Labute approximate surface area is 134 Å². The number of hydrogen-bond donors (Lipinski definition) is 0. The average molecular weight is 307 g/mol. The van der Waals surface area contributed by atoms with Gasteiger partial charge in [-0.2, -0.15) is 0 Å². The second kappa shape index (κ2) is 7.02. The van der Waals surface area contributed by atoms with Gasteiger partial charge in [-0.25, -0.2) is 0 Å². The van der Waals surface area contributed by atoms with Crippen molar-refractivity contribution in [3.8, 4) is 0 Å². The highest BCUT2D eigenvalue weighted by atomic mass is 35.5. The van der Waals surface area contributed by atoms with E-state index in [0.717, 1.165) is 5.92 Å². The standard InChI is InChI=1S/C18H27ClN2/c1-15-4-5-18(17(12-15)13-19)21-10-6-16(7-11-21)14-20-8-2-3-9-20/h4-5,12,16H,2-3,6-11,13-14H2,1H3. The molecule has 2 aliphatic heterocycles. The first-order valence-corrected chi connectivity index (χ1v) is 8.92. The number of halogens is 1. The number of likely N-dealkylation sites (tertiary alicyclic amines) is 1. The van der Waals surface area contributed by atoms with Gasteiger partial charge >= 0.3 is 0 Å². The van der Waals surface area contributed by atoms with Gasteiger partial charge in [0.1, 0.15) is 0 Å². The van der Waals surface area contributed by atoms with Crippen LogP contribution in [-0.4, -0.2) is 37.6 Å². The topological polar surface area (TPSA) is 6.48 Å². The minimum absolute atomic E-state index is 0.616. The zero-order valence-corrected chi connectivity index (χ0v) is 13.9. The van der Waals surface area contributed by atoms with Crippen LogP contribution in [0.4, 0.5) is 5.69 Å². The number of hydrogen-bond acceptors (Lipinski definition) is 2. The van der Waals surface area contributed by atoms with Crippen molar-refractivity contribution in [2.75, 3.05) is 37.6 Å². The predicted octanol–water partition coefficient (Wildman–Crippen LogP) is 4.05. The quantitative estimate of drug-likeness (QED) is 0.774. The zero-order chi connectivity index (χ0) is 14.7. The van der Waals surface area contributed by atoms with Crippen molar-refractivity contribution in [3.63, 3.8) is 0 Å². The van der Waals surface area contributed by atoms with E-state index in [1.165, 1.54) is 75.2 Å². The molecule has 0 aromatic heterocycles. The van der Waals surface area contributed by atoms with Gasteiger partial charge in [-0.3, -0.25) is 0 Å². The lowest BCUT2D eigenvalue weighted by molar-refractivity contribution is 0.249. The van der Waals surface area contributed by atoms with Crippen LogP contribution >= 0.6 is 11.6 Å². The summed E-state index contributed by atoms with van der Waals surface area (Å²) in [6.45, 7) is 8.49. The molecule has 21 heavy (non-hydrogen) atoms. The van der Waals surface area contributed by atoms with Crippen molar-refractivity contribution in [1.29, 1.82) is 0 Å². The third-order valence-corrected chi connectivity index (χ3v) is 5.34. The first-order valence-electron chi connectivity index (χ1n) is 8.39. The van der Waals surface area contributed by atoms with E-state index in [9.17, 15) is 0 Å². The summed E-state index contributed by atoms with van der Waals surface area (Å²) in [7, 11) is 0. The van der Waals surface area contributed by atoms with Crippen molar-refractivity contribution in [2.45, 2.75) is 38.5 Å². The molecular formula is C18H27ClN2. The number of rotatable bonds is 4. The van der Waals surface area contributed by atoms with E-state index < -0.39 is 0 Å². The molecule has 1 aromatic rings. The summed E-state index contributed by atoms with van der Waals surface area (Å²) in [6, 6.07) is 6.70. The fourth-order valence-electron chi connectivity index (χ4n) is 3.82. The molecule has 0 radical (unpaired) electrons. The van der Waals surface area contributed by atoms with E-state index in [-0.39, 0.29) is 0 Å². The number of anilines is 1. The molecule has 2 aliphatic rings. The molecule has 2 saturated heterocycles. The Morgan fingerprint density at radius 3 is 2.48 bits per heavy atom. The Kier molecular flexibility index (Phi) is 5.07. The molecular weight excluding hydrogens is 280 g/mol. The first kappa shape index (κ1) is 15.2. The minimum atomic E-state index is 0.616. The zero-order valence-electron chi connectivity index (χ0n) is 13.2. The number of piperidine rings is 1. The minimum Gasteiger partial charge on any atom is -0.371 e. The van der Waals surface area contributed by atoms with Gasteiger partial charge in [-0.1, -0.05) is 17.7 Å². The van der Waals surface area contributed by atoms with E-state index in [4.69, 9.17) is 11.6 Å². The molecule has 0 saturated carbocycles. The normalized spacial score (nSPS) is 21.1. The van der Waals surface area contributed by atoms with E-state index in [2.05, 4.69) is 34.9 Å². The van der Waals surface area contributed by atoms with Gasteiger partial charge in [-0.05, 0) is 63.2 Å². The van der Waals surface area contributed by atoms with Crippen LogP contribution in [0.5, 0.6) is 0 Å². The summed E-state index contributed by atoms with van der Waals surface area (Å²) < 4.78 is 0. The largest absolute Gasteiger partial charge is 0.371 e. The van der Waals surface area contributed by atoms with Gasteiger partial charge in [0.05, 0.1) is 0 Å². The summed E-state index contributed by atoms with van der Waals surface area (Å²) in [5, 5.41) is 0. The molecule has 1 aromatic carbocycles. The maximum atomic E-state index is 6.13. The highest BCUT2D eigenvalue weighted by Gasteiger charge is 2.23. The van der Waals surface area contributed by atoms with Crippen LogP contribution in [0, 0.1) is 12.8 Å². The highest BCUT2D eigenvalue weighted by Crippen LogP contribution is 2.29. The van der Waals surface area contributed by atoms with E-state index in [1.54, 1.807) is 0 Å². The van der Waals surface area contributed by atoms with Gasteiger partial charge in [0.15, 0.2) is 0 Å². The maximum Gasteiger partial charge on any atom is 0.0494 e. The van der Waals surface area contributed by atoms with E-state index in [1.807, 2.05) is 0 Å². The second-order valence-corrected chi connectivity index (χ2v) is 6.97. The molecule has 2 heterocycles. The molecule has 3 heteroatoms. The van der Waals surface area contributed by atoms with Crippen LogP contribution in [0.25, 0.3) is 0 Å². The lowest BCUT2D eigenvalue weighted by Gasteiger charge is -2.36. The molecule has 2 fully saturated rings. The lowest BCUT2D eigenvalue weighted by Crippen LogP contribution is -2.38. The summed E-state index contributed by atoms with van der Waals surface area (Å²) in [5.74, 6) is 1.51. The average Bonchev–Trinajstić information content (AvgIpc) is 3.01. The molecule has 0 spiro atoms. The Hall–Kier alpha value is -0.730. The second-order valence-electron chi connectivity index (χ2n) is 6.70. The smallest absolute Gasteiger partial charge is 0.0494 e. The third-order valence-electron chi connectivity index (χ3n) is 5.05. The van der Waals surface area contributed by atoms with E-state index >= 15 is 0 Å². The summed E-state index contributed by atoms with van der Waals surface area (Å²) in [4.78, 5) is 5.20. The van der Waals surface area contributed by atoms with Gasteiger partial charge in [0.25, 0.3) is 0 Å². The molecule has 0 unspecified atom stereocenters. The van der Waals surface area contributed by atoms with Crippen LogP contribution < -0.4 is 4.90 Å². The van der Waals surface area contributed by atoms with Gasteiger partial charge < -0.3 is 9.80 Å². The van der Waals surface area contributed by atoms with Gasteiger partial charge in [-0.15, -0.1) is 11.6 Å². The van der Waals surface area contributed by atoms with Crippen LogP contribution in [0.15, 0.2) is 18.2 Å². The fraction of sp³-hybridized carbons (Fsp3) is 0.667. The Morgan fingerprint density at radius 1 is 1.10 bits per heavy atom. The lowest BCUT2D eigenvalue weighted by atomic mass is 9.95. The molecule has 0 N–H and O–H groups in total. The molecule has 0 atom stereocenters. The van der Waals surface area contributed by atoms with Crippen LogP contribution in [0.3, 0.4) is 0 Å². The van der Waals surface area contributed by atoms with Crippen LogP contribution in [0.2, 0.25) is 0 Å². The fourth-order valence-corrected chi connectivity index (χ4v) is 4.03. The number of aryl methyl sites for hydroxylation is 1. The van der Waals surface area contributed by atoms with Gasteiger partial charge in [0, 0.05) is 31.2 Å². The number of alkyl halides is 1. The summed E-state index contributed by atoms with van der Waals surface area (Å²) in [6.07, 6.45) is 5.46. The Balaban J connectivity index is 1.57. The molecule has 3 rings (SSSR count). The van der Waals surface area contributed by atoms with Crippen molar-refractivity contribution < 1.29 is 0 Å². The molecule has 116 valence electrons. The molecule has 0 aliphatic carbocycles. The third kappa shape index (κ3) is 3.73. The summed E-state index contributed by atoms with van der Waals surface area (Å²) >= 11 is 6.13. The van der Waals surface area contributed by atoms with Crippen molar-refractivity contribution in [1.82, 2.24) is 4.90 Å². The SMILES string of the molecule is Cc1ccc(N2CCC(CN3CCCC3)CC2)c(CCl)c1. The van der Waals surface area contributed by atoms with Crippen molar-refractivity contribution in [2.24, 2.45) is 5.92 Å². The first-order chi connectivity index (χ1) is 10.3. The Morgan fingerprint density at radius 2 is 1.81 bits per heavy atom. The predicted molar refractivity (Wildman–Crippen MR) is 91.3 cm³/mol. The molecule has 2 nitrogen and oxygen atoms in total. The molecule has 0 bridgehead atoms. The number of benzene rings is 1. The van der Waals surface area contributed by atoms with Crippen molar-refractivity contribution >= 4 is 17.3 Å². The van der Waals surface area contributed by atoms with Crippen LogP contribution in [0.1, 0.15) is 36.8 Å². The number of nitrogens with zero attached hydrogens (tertiary/aromatic N) is 2. The maximum absolute atomic E-state index is 6.13. The molecule has 0 amide bonds. The Bertz CT molecular complexity index is 460. The van der Waals surface area contributed by atoms with Crippen LogP contribution in [-0.2, 0) is 5.88 Å².